The van der Waals surface area contributed by atoms with E-state index in [9.17, 15) is 24.6 Å². The fourth-order valence-electron chi connectivity index (χ4n) is 5.73. The smallest absolute Gasteiger partial charge is 0.304 e. The van der Waals surface area contributed by atoms with Gasteiger partial charge in [-0.25, -0.2) is 0 Å². The largest absolute Gasteiger partial charge is 0.511 e. The molecule has 1 aliphatic heterocycles. The van der Waals surface area contributed by atoms with Crippen molar-refractivity contribution >= 4 is 17.5 Å². The third kappa shape index (κ3) is 7.09. The molecule has 0 radical (unpaired) electrons. The number of allylic oxidation sites excluding steroid dienone is 7. The second kappa shape index (κ2) is 13.5. The van der Waals surface area contributed by atoms with Crippen LogP contribution in [0.2, 0.25) is 0 Å². The Hall–Kier alpha value is -3.41. The van der Waals surface area contributed by atoms with Crippen molar-refractivity contribution in [1.29, 1.82) is 0 Å². The Bertz CT molecular complexity index is 1270. The summed E-state index contributed by atoms with van der Waals surface area (Å²) in [6.45, 7) is 13.8. The van der Waals surface area contributed by atoms with Crippen molar-refractivity contribution in [3.8, 4) is 0 Å². The van der Waals surface area contributed by atoms with Gasteiger partial charge in [-0.2, -0.15) is 0 Å². The van der Waals surface area contributed by atoms with E-state index in [1.807, 2.05) is 51.1 Å². The van der Waals surface area contributed by atoms with E-state index in [0.29, 0.717) is 31.2 Å². The number of ketones is 2. The van der Waals surface area contributed by atoms with Crippen LogP contribution < -0.4 is 0 Å². The summed E-state index contributed by atoms with van der Waals surface area (Å²) >= 11 is 0. The van der Waals surface area contributed by atoms with Gasteiger partial charge in [0.25, 0.3) is 0 Å². The molecule has 2 N–H and O–H groups in total. The number of ether oxygens (including phenoxy) is 1. The maximum Gasteiger partial charge on any atom is 0.304 e. The lowest BCUT2D eigenvalue weighted by Crippen LogP contribution is -2.47. The maximum atomic E-state index is 14.5. The van der Waals surface area contributed by atoms with Crippen LogP contribution in [0.1, 0.15) is 98.5 Å². The lowest BCUT2D eigenvalue weighted by Gasteiger charge is -2.43. The number of carboxylic acid groups (broad SMARTS) is 1. The Labute approximate surface area is 244 Å². The van der Waals surface area contributed by atoms with Crippen molar-refractivity contribution in [2.24, 2.45) is 17.3 Å². The number of aliphatic carboxylic acids is 1. The van der Waals surface area contributed by atoms with E-state index < -0.39 is 35.1 Å². The number of benzene rings is 1. The van der Waals surface area contributed by atoms with Gasteiger partial charge in [-0.3, -0.25) is 14.4 Å². The minimum Gasteiger partial charge on any atom is -0.511 e. The van der Waals surface area contributed by atoms with Crippen LogP contribution in [0.3, 0.4) is 0 Å². The molecule has 0 spiro atoms. The van der Waals surface area contributed by atoms with E-state index in [-0.39, 0.29) is 40.8 Å². The Kier molecular flexibility index (Phi) is 10.6. The van der Waals surface area contributed by atoms with Crippen LogP contribution in [-0.2, 0) is 19.1 Å². The minimum absolute atomic E-state index is 0.0235. The second-order valence-corrected chi connectivity index (χ2v) is 12.4. The molecule has 41 heavy (non-hydrogen) atoms. The summed E-state index contributed by atoms with van der Waals surface area (Å²) in [5, 5.41) is 22.2. The van der Waals surface area contributed by atoms with Crippen molar-refractivity contribution in [1.82, 2.24) is 0 Å². The summed E-state index contributed by atoms with van der Waals surface area (Å²) in [7, 11) is 0. The van der Waals surface area contributed by atoms with Crippen molar-refractivity contribution < 1.29 is 29.3 Å². The van der Waals surface area contributed by atoms with Gasteiger partial charge in [0.15, 0.2) is 11.6 Å². The average molecular weight is 563 g/mol. The first-order valence-corrected chi connectivity index (χ1v) is 14.8. The van der Waals surface area contributed by atoms with Crippen LogP contribution in [-0.4, -0.2) is 33.9 Å². The molecule has 0 saturated carbocycles. The highest BCUT2D eigenvalue weighted by molar-refractivity contribution is 6.25. The summed E-state index contributed by atoms with van der Waals surface area (Å²) in [6, 6.07) is 9.09. The van der Waals surface area contributed by atoms with Crippen molar-refractivity contribution in [3.05, 3.63) is 81.9 Å². The zero-order chi connectivity index (χ0) is 30.5. The number of aliphatic hydroxyl groups is 1. The third-order valence-electron chi connectivity index (χ3n) is 8.53. The van der Waals surface area contributed by atoms with E-state index in [4.69, 9.17) is 4.74 Å². The number of hydrogen-bond acceptors (Lipinski definition) is 5. The van der Waals surface area contributed by atoms with Crippen LogP contribution in [0.25, 0.3) is 0 Å². The molecule has 1 aromatic rings. The fourth-order valence-corrected chi connectivity index (χ4v) is 5.73. The standard InChI is InChI=1S/C35H46O6/c1-21(2)12-11-13-23(5)17-19-35(18-16-22(3)4)33(39)29(27(20-28(36)37)26-14-9-8-10-15-26)32-30(34(35)40)31(38)24(6)25(7)41-32/h8-10,12-15,22,24-25,27,39H,11,16-20H2,1-7H3,(H,36,37). The van der Waals surface area contributed by atoms with Gasteiger partial charge in [-0.1, -0.05) is 74.4 Å². The predicted molar refractivity (Wildman–Crippen MR) is 161 cm³/mol. The van der Waals surface area contributed by atoms with E-state index in [0.717, 1.165) is 12.0 Å². The Morgan fingerprint density at radius 3 is 2.29 bits per heavy atom. The van der Waals surface area contributed by atoms with Gasteiger partial charge >= 0.3 is 5.97 Å². The van der Waals surface area contributed by atoms with Gasteiger partial charge in [-0.15, -0.1) is 0 Å². The Morgan fingerprint density at radius 2 is 1.71 bits per heavy atom. The first-order valence-electron chi connectivity index (χ1n) is 14.8. The number of carbonyl (C=O) groups excluding carboxylic acids is 2. The molecule has 2 aliphatic rings. The van der Waals surface area contributed by atoms with Gasteiger partial charge in [0, 0.05) is 11.5 Å². The van der Waals surface area contributed by atoms with E-state index in [2.05, 4.69) is 26.0 Å². The SMILES string of the molecule is CC(C)=CCC=C(C)CCC1(CCC(C)C)C(=O)C2=C(OC(C)C(C)C2=O)C(C(CC(=O)O)c2ccccc2)=C1O. The van der Waals surface area contributed by atoms with Crippen molar-refractivity contribution in [3.63, 3.8) is 0 Å². The number of carboxylic acids is 1. The third-order valence-corrected chi connectivity index (χ3v) is 8.53. The fraction of sp³-hybridized carbons (Fsp3) is 0.514. The molecular formula is C35H46O6. The topological polar surface area (TPSA) is 101 Å². The zero-order valence-electron chi connectivity index (χ0n) is 25.6. The van der Waals surface area contributed by atoms with E-state index >= 15 is 0 Å². The number of aliphatic hydroxyl groups excluding tert-OH is 1. The quantitative estimate of drug-likeness (QED) is 0.198. The summed E-state index contributed by atoms with van der Waals surface area (Å²) < 4.78 is 6.24. The van der Waals surface area contributed by atoms with Crippen molar-refractivity contribution in [2.45, 2.75) is 99.0 Å². The summed E-state index contributed by atoms with van der Waals surface area (Å²) in [6.07, 6.45) is 6.06. The van der Waals surface area contributed by atoms with Crippen molar-refractivity contribution in [2.75, 3.05) is 0 Å². The van der Waals surface area contributed by atoms with Crippen LogP contribution >= 0.6 is 0 Å². The van der Waals surface area contributed by atoms with Crippen LogP contribution in [0.4, 0.5) is 0 Å². The zero-order valence-corrected chi connectivity index (χ0v) is 25.6. The number of rotatable bonds is 12. The van der Waals surface area contributed by atoms with Crippen LogP contribution in [0.5, 0.6) is 0 Å². The molecule has 0 amide bonds. The van der Waals surface area contributed by atoms with Gasteiger partial charge < -0.3 is 14.9 Å². The van der Waals surface area contributed by atoms with E-state index in [1.54, 1.807) is 13.8 Å². The van der Waals surface area contributed by atoms with Crippen LogP contribution in [0.15, 0.2) is 76.3 Å². The molecule has 1 heterocycles. The molecule has 6 heteroatoms. The van der Waals surface area contributed by atoms with Gasteiger partial charge in [0.1, 0.15) is 23.2 Å². The summed E-state index contributed by atoms with van der Waals surface area (Å²) in [4.78, 5) is 40.5. The first-order chi connectivity index (χ1) is 19.3. The van der Waals surface area contributed by atoms with Crippen LogP contribution in [0, 0.1) is 17.3 Å². The normalized spacial score (nSPS) is 23.9. The molecule has 3 rings (SSSR count). The minimum atomic E-state index is -1.35. The Morgan fingerprint density at radius 1 is 1.05 bits per heavy atom. The lowest BCUT2D eigenvalue weighted by atomic mass is 9.62. The molecule has 1 aliphatic carbocycles. The van der Waals surface area contributed by atoms with Gasteiger partial charge in [0.05, 0.1) is 17.8 Å². The molecule has 0 aromatic heterocycles. The Balaban J connectivity index is 2.28. The number of hydrogen-bond donors (Lipinski definition) is 2. The molecule has 0 bridgehead atoms. The highest BCUT2D eigenvalue weighted by atomic mass is 16.5. The number of carbonyl (C=O) groups is 3. The molecular weight excluding hydrogens is 516 g/mol. The monoisotopic (exact) mass is 562 g/mol. The molecule has 1 aromatic carbocycles. The molecule has 4 atom stereocenters. The van der Waals surface area contributed by atoms with E-state index in [1.165, 1.54) is 5.57 Å². The maximum absolute atomic E-state index is 14.5. The van der Waals surface area contributed by atoms with Gasteiger partial charge in [-0.05, 0) is 71.3 Å². The second-order valence-electron chi connectivity index (χ2n) is 12.4. The molecule has 0 fully saturated rings. The highest BCUT2D eigenvalue weighted by Crippen LogP contribution is 2.53. The highest BCUT2D eigenvalue weighted by Gasteiger charge is 2.55. The summed E-state index contributed by atoms with van der Waals surface area (Å²) in [5.74, 6) is -2.94. The molecule has 222 valence electrons. The predicted octanol–water partition coefficient (Wildman–Crippen LogP) is 8.02. The number of Topliss-reactive ketones (excluding diaryl/α,β-unsaturated/α-hetero) is 2. The average Bonchev–Trinajstić information content (AvgIpc) is 2.90. The molecule has 6 nitrogen and oxygen atoms in total. The lowest BCUT2D eigenvalue weighted by molar-refractivity contribution is -0.137. The first kappa shape index (κ1) is 32.1. The summed E-state index contributed by atoms with van der Waals surface area (Å²) in [5.41, 5.74) is 1.87. The molecule has 4 unspecified atom stereocenters. The molecule has 0 saturated heterocycles. The van der Waals surface area contributed by atoms with Gasteiger partial charge in [0.2, 0.25) is 0 Å².